The van der Waals surface area contributed by atoms with E-state index in [9.17, 15) is 22.4 Å². The Balaban J connectivity index is 3.07. The van der Waals surface area contributed by atoms with Crippen LogP contribution < -0.4 is 10.6 Å². The number of rotatable bonds is 5. The number of alkyl halides is 4. The van der Waals surface area contributed by atoms with Crippen molar-refractivity contribution in [2.24, 2.45) is 0 Å². The Morgan fingerprint density at radius 2 is 1.84 bits per heavy atom. The number of nitrogens with two attached hydrogens (primary N) is 1. The Labute approximate surface area is 108 Å². The van der Waals surface area contributed by atoms with Crippen LogP contribution in [0.5, 0.6) is 0 Å². The molecule has 2 N–H and O–H groups in total. The van der Waals surface area contributed by atoms with Crippen LogP contribution in [0.1, 0.15) is 13.3 Å². The standard InChI is InChI=1S/C12H14F4N2O/c1-2-7-18(9-5-3-8(17)4-6-9)11(19)12(15,16)10(13)14/h3-6,10H,2,7,17H2,1H3. The van der Waals surface area contributed by atoms with Gasteiger partial charge in [0.2, 0.25) is 0 Å². The van der Waals surface area contributed by atoms with E-state index < -0.39 is 18.3 Å². The number of amides is 1. The minimum absolute atomic E-state index is 0.0783. The van der Waals surface area contributed by atoms with E-state index in [4.69, 9.17) is 5.73 Å². The molecular weight excluding hydrogens is 264 g/mol. The summed E-state index contributed by atoms with van der Waals surface area (Å²) in [6.07, 6.45) is -3.68. The fraction of sp³-hybridized carbons (Fsp3) is 0.417. The molecule has 0 aliphatic heterocycles. The van der Waals surface area contributed by atoms with Crippen LogP contribution in [0.4, 0.5) is 28.9 Å². The summed E-state index contributed by atoms with van der Waals surface area (Å²) in [6, 6.07) is 5.49. The van der Waals surface area contributed by atoms with Crippen molar-refractivity contribution in [1.82, 2.24) is 0 Å². The molecule has 0 aliphatic rings. The van der Waals surface area contributed by atoms with Crippen LogP contribution in [-0.2, 0) is 4.79 Å². The van der Waals surface area contributed by atoms with Gasteiger partial charge in [-0.3, -0.25) is 4.79 Å². The molecule has 0 radical (unpaired) electrons. The molecule has 0 aromatic heterocycles. The van der Waals surface area contributed by atoms with Crippen molar-refractivity contribution in [1.29, 1.82) is 0 Å². The fourth-order valence-corrected chi connectivity index (χ4v) is 1.50. The third kappa shape index (κ3) is 3.36. The van der Waals surface area contributed by atoms with E-state index in [1.807, 2.05) is 0 Å². The molecule has 0 atom stereocenters. The van der Waals surface area contributed by atoms with Gasteiger partial charge in [-0.15, -0.1) is 0 Å². The van der Waals surface area contributed by atoms with Crippen LogP contribution >= 0.6 is 0 Å². The second-order valence-corrected chi connectivity index (χ2v) is 3.97. The maximum Gasteiger partial charge on any atom is 0.384 e. The SMILES string of the molecule is CCCN(C(=O)C(F)(F)C(F)F)c1ccc(N)cc1. The minimum Gasteiger partial charge on any atom is -0.399 e. The number of nitrogen functional groups attached to an aromatic ring is 1. The molecule has 0 spiro atoms. The Morgan fingerprint density at radius 1 is 1.32 bits per heavy atom. The summed E-state index contributed by atoms with van der Waals surface area (Å²) in [4.78, 5) is 12.2. The number of hydrogen-bond acceptors (Lipinski definition) is 2. The van der Waals surface area contributed by atoms with Gasteiger partial charge in [0.05, 0.1) is 0 Å². The average Bonchev–Trinajstić information content (AvgIpc) is 2.36. The Morgan fingerprint density at radius 3 is 2.26 bits per heavy atom. The van der Waals surface area contributed by atoms with Gasteiger partial charge < -0.3 is 10.6 Å². The predicted octanol–water partition coefficient (Wildman–Crippen LogP) is 2.91. The lowest BCUT2D eigenvalue weighted by molar-refractivity contribution is -0.166. The smallest absolute Gasteiger partial charge is 0.384 e. The highest BCUT2D eigenvalue weighted by Crippen LogP contribution is 2.28. The van der Waals surface area contributed by atoms with E-state index in [1.54, 1.807) is 6.92 Å². The first-order valence-electron chi connectivity index (χ1n) is 5.64. The Hall–Kier alpha value is -1.79. The maximum atomic E-state index is 13.1. The van der Waals surface area contributed by atoms with E-state index in [1.165, 1.54) is 24.3 Å². The minimum atomic E-state index is -4.70. The molecule has 1 aromatic rings. The molecule has 7 heteroatoms. The van der Waals surface area contributed by atoms with Gasteiger partial charge in [-0.2, -0.15) is 8.78 Å². The lowest BCUT2D eigenvalue weighted by Crippen LogP contribution is -2.48. The summed E-state index contributed by atoms with van der Waals surface area (Å²) in [7, 11) is 0. The number of carbonyl (C=O) groups excluding carboxylic acids is 1. The van der Waals surface area contributed by atoms with Crippen LogP contribution in [0.2, 0.25) is 0 Å². The first kappa shape index (κ1) is 15.3. The summed E-state index contributed by atoms with van der Waals surface area (Å²) < 4.78 is 50.7. The summed E-state index contributed by atoms with van der Waals surface area (Å²) in [6.45, 7) is 1.57. The molecule has 0 saturated heterocycles. The fourth-order valence-electron chi connectivity index (χ4n) is 1.50. The zero-order valence-electron chi connectivity index (χ0n) is 10.2. The zero-order chi connectivity index (χ0) is 14.6. The van der Waals surface area contributed by atoms with Crippen LogP contribution in [0, 0.1) is 0 Å². The van der Waals surface area contributed by atoms with Gasteiger partial charge in [0.25, 0.3) is 0 Å². The second-order valence-electron chi connectivity index (χ2n) is 3.97. The zero-order valence-corrected chi connectivity index (χ0v) is 10.2. The summed E-state index contributed by atoms with van der Waals surface area (Å²) >= 11 is 0. The van der Waals surface area contributed by atoms with Gasteiger partial charge in [0.1, 0.15) is 0 Å². The van der Waals surface area contributed by atoms with Gasteiger partial charge in [0.15, 0.2) is 0 Å². The number of nitrogens with zero attached hydrogens (tertiary/aromatic N) is 1. The normalized spacial score (nSPS) is 11.7. The highest BCUT2D eigenvalue weighted by atomic mass is 19.3. The van der Waals surface area contributed by atoms with Gasteiger partial charge in [-0.05, 0) is 30.7 Å². The van der Waals surface area contributed by atoms with Crippen molar-refractivity contribution in [2.75, 3.05) is 17.2 Å². The number of carbonyl (C=O) groups is 1. The van der Waals surface area contributed by atoms with Crippen molar-refractivity contribution in [3.63, 3.8) is 0 Å². The molecule has 0 bridgehead atoms. The molecule has 1 aromatic carbocycles. The molecule has 0 fully saturated rings. The molecule has 0 heterocycles. The predicted molar refractivity (Wildman–Crippen MR) is 64.4 cm³/mol. The Bertz CT molecular complexity index is 434. The highest BCUT2D eigenvalue weighted by molar-refractivity contribution is 5.98. The van der Waals surface area contributed by atoms with E-state index in [0.717, 1.165) is 0 Å². The third-order valence-corrected chi connectivity index (χ3v) is 2.46. The average molecular weight is 278 g/mol. The van der Waals surface area contributed by atoms with Gasteiger partial charge >= 0.3 is 18.3 Å². The molecule has 0 unspecified atom stereocenters. The lowest BCUT2D eigenvalue weighted by Gasteiger charge is -2.26. The van der Waals surface area contributed by atoms with Crippen LogP contribution in [0.15, 0.2) is 24.3 Å². The van der Waals surface area contributed by atoms with E-state index in [0.29, 0.717) is 17.0 Å². The van der Waals surface area contributed by atoms with Gasteiger partial charge in [-0.25, -0.2) is 8.78 Å². The summed E-state index contributed by atoms with van der Waals surface area (Å²) in [5.74, 6) is -6.61. The molecule has 106 valence electrons. The lowest BCUT2D eigenvalue weighted by atomic mass is 10.2. The quantitative estimate of drug-likeness (QED) is 0.665. The van der Waals surface area contributed by atoms with Crippen LogP contribution in [-0.4, -0.2) is 24.8 Å². The largest absolute Gasteiger partial charge is 0.399 e. The van der Waals surface area contributed by atoms with Crippen molar-refractivity contribution in [3.8, 4) is 0 Å². The van der Waals surface area contributed by atoms with E-state index in [-0.39, 0.29) is 12.2 Å². The van der Waals surface area contributed by atoms with Crippen molar-refractivity contribution in [2.45, 2.75) is 25.7 Å². The molecule has 1 amide bonds. The third-order valence-electron chi connectivity index (χ3n) is 2.46. The molecule has 1 rings (SSSR count). The van der Waals surface area contributed by atoms with Crippen molar-refractivity contribution in [3.05, 3.63) is 24.3 Å². The molecular formula is C12H14F4N2O. The van der Waals surface area contributed by atoms with Crippen molar-refractivity contribution >= 4 is 17.3 Å². The second kappa shape index (κ2) is 5.90. The van der Waals surface area contributed by atoms with E-state index in [2.05, 4.69) is 0 Å². The van der Waals surface area contributed by atoms with E-state index >= 15 is 0 Å². The van der Waals surface area contributed by atoms with Gasteiger partial charge in [-0.1, -0.05) is 6.92 Å². The number of anilines is 2. The maximum absolute atomic E-state index is 13.1. The molecule has 19 heavy (non-hydrogen) atoms. The Kier molecular flexibility index (Phi) is 4.74. The first-order chi connectivity index (χ1) is 8.80. The first-order valence-corrected chi connectivity index (χ1v) is 5.64. The molecule has 0 aliphatic carbocycles. The van der Waals surface area contributed by atoms with Gasteiger partial charge in [0, 0.05) is 17.9 Å². The topological polar surface area (TPSA) is 46.3 Å². The number of benzene rings is 1. The van der Waals surface area contributed by atoms with Crippen LogP contribution in [0.3, 0.4) is 0 Å². The number of hydrogen-bond donors (Lipinski definition) is 1. The summed E-state index contributed by atoms with van der Waals surface area (Å²) in [5.41, 5.74) is 5.93. The highest BCUT2D eigenvalue weighted by Gasteiger charge is 2.51. The van der Waals surface area contributed by atoms with Crippen LogP contribution in [0.25, 0.3) is 0 Å². The molecule has 3 nitrogen and oxygen atoms in total. The monoisotopic (exact) mass is 278 g/mol. The number of halogens is 4. The molecule has 0 saturated carbocycles. The van der Waals surface area contributed by atoms with Crippen molar-refractivity contribution < 1.29 is 22.4 Å². The summed E-state index contributed by atoms with van der Waals surface area (Å²) in [5, 5.41) is 0.